The molecule has 2 aliphatic rings. The predicted octanol–water partition coefficient (Wildman–Crippen LogP) is 2.18. The van der Waals surface area contributed by atoms with Gasteiger partial charge in [0.15, 0.2) is 0 Å². The maximum Gasteiger partial charge on any atom is 0.315 e. The Labute approximate surface area is 125 Å². The van der Waals surface area contributed by atoms with Gasteiger partial charge in [-0.05, 0) is 49.7 Å². The Morgan fingerprint density at radius 2 is 2.10 bits per heavy atom. The first-order valence-electron chi connectivity index (χ1n) is 7.87. The highest BCUT2D eigenvalue weighted by Crippen LogP contribution is 2.39. The Morgan fingerprint density at radius 1 is 1.33 bits per heavy atom. The smallest absolute Gasteiger partial charge is 0.315 e. The maximum atomic E-state index is 12.1. The summed E-state index contributed by atoms with van der Waals surface area (Å²) < 4.78 is 0. The number of hydrogen-bond donors (Lipinski definition) is 3. The third-order valence-electron chi connectivity index (χ3n) is 4.97. The first-order valence-corrected chi connectivity index (χ1v) is 7.87. The van der Waals surface area contributed by atoms with Crippen LogP contribution in [0.3, 0.4) is 0 Å². The minimum atomic E-state index is -0.475. The van der Waals surface area contributed by atoms with Gasteiger partial charge in [0.2, 0.25) is 0 Å². The van der Waals surface area contributed by atoms with Gasteiger partial charge in [-0.3, -0.25) is 0 Å². The Hall–Kier alpha value is -1.55. The van der Waals surface area contributed by atoms with Crippen LogP contribution in [0.25, 0.3) is 0 Å². The molecule has 2 aliphatic carbocycles. The van der Waals surface area contributed by atoms with Crippen molar-refractivity contribution in [3.8, 4) is 0 Å². The Kier molecular flexibility index (Phi) is 3.89. The van der Waals surface area contributed by atoms with Crippen LogP contribution < -0.4 is 10.6 Å². The molecular weight excluding hydrogens is 264 g/mol. The highest BCUT2D eigenvalue weighted by molar-refractivity contribution is 5.75. The summed E-state index contributed by atoms with van der Waals surface area (Å²) in [5.74, 6) is 0.828. The summed E-state index contributed by atoms with van der Waals surface area (Å²) in [5.41, 5.74) is 2.30. The van der Waals surface area contributed by atoms with E-state index in [1.165, 1.54) is 11.1 Å². The molecule has 4 heteroatoms. The van der Waals surface area contributed by atoms with Crippen LogP contribution in [0.4, 0.5) is 4.79 Å². The monoisotopic (exact) mass is 288 g/mol. The van der Waals surface area contributed by atoms with Crippen molar-refractivity contribution in [1.29, 1.82) is 0 Å². The van der Waals surface area contributed by atoms with Gasteiger partial charge in [-0.15, -0.1) is 0 Å². The number of urea groups is 1. The summed E-state index contributed by atoms with van der Waals surface area (Å²) in [5, 5.41) is 15.4. The predicted molar refractivity (Wildman–Crippen MR) is 82.3 cm³/mol. The number of benzene rings is 1. The molecule has 0 aliphatic heterocycles. The summed E-state index contributed by atoms with van der Waals surface area (Å²) >= 11 is 0. The minimum Gasteiger partial charge on any atom is -0.394 e. The Bertz CT molecular complexity index is 527. The summed E-state index contributed by atoms with van der Waals surface area (Å²) in [6.07, 6.45) is 4.38. The van der Waals surface area contributed by atoms with Crippen LogP contribution in [0.2, 0.25) is 0 Å². The zero-order valence-electron chi connectivity index (χ0n) is 12.6. The highest BCUT2D eigenvalue weighted by atomic mass is 16.3. The molecule has 3 rings (SSSR count). The first-order chi connectivity index (χ1) is 10.1. The van der Waals surface area contributed by atoms with Crippen molar-refractivity contribution in [1.82, 2.24) is 10.6 Å². The van der Waals surface area contributed by atoms with E-state index < -0.39 is 5.54 Å². The lowest BCUT2D eigenvalue weighted by atomic mass is 9.97. The summed E-state index contributed by atoms with van der Waals surface area (Å²) in [4.78, 5) is 12.1. The molecule has 114 valence electrons. The number of aryl methyl sites for hydroxylation is 1. The molecule has 0 heterocycles. The van der Waals surface area contributed by atoms with Crippen LogP contribution in [0.15, 0.2) is 24.3 Å². The molecule has 0 bridgehead atoms. The van der Waals surface area contributed by atoms with Crippen LogP contribution in [0.1, 0.15) is 43.2 Å². The summed E-state index contributed by atoms with van der Waals surface area (Å²) in [6, 6.07) is 8.30. The van der Waals surface area contributed by atoms with E-state index in [9.17, 15) is 9.90 Å². The van der Waals surface area contributed by atoms with E-state index in [1.807, 2.05) is 6.92 Å². The van der Waals surface area contributed by atoms with E-state index in [4.69, 9.17) is 0 Å². The molecule has 3 N–H and O–H groups in total. The molecule has 1 aromatic carbocycles. The fraction of sp³-hybridized carbons (Fsp3) is 0.588. The van der Waals surface area contributed by atoms with E-state index in [2.05, 4.69) is 34.9 Å². The summed E-state index contributed by atoms with van der Waals surface area (Å²) in [7, 11) is 0. The van der Waals surface area contributed by atoms with Crippen LogP contribution in [0.5, 0.6) is 0 Å². The fourth-order valence-corrected chi connectivity index (χ4v) is 3.37. The van der Waals surface area contributed by atoms with Gasteiger partial charge in [-0.1, -0.05) is 24.3 Å². The van der Waals surface area contributed by atoms with Gasteiger partial charge in [0.1, 0.15) is 0 Å². The number of amides is 2. The van der Waals surface area contributed by atoms with E-state index >= 15 is 0 Å². The molecular formula is C17H24N2O2. The number of fused-ring (bicyclic) bond motifs is 1. The molecule has 2 amide bonds. The van der Waals surface area contributed by atoms with E-state index in [1.54, 1.807) is 0 Å². The van der Waals surface area contributed by atoms with Crippen molar-refractivity contribution in [2.45, 2.75) is 44.1 Å². The zero-order chi connectivity index (χ0) is 14.9. The third-order valence-corrected chi connectivity index (χ3v) is 4.97. The second kappa shape index (κ2) is 5.68. The number of aliphatic hydroxyl groups excluding tert-OH is 1. The third kappa shape index (κ3) is 3.05. The number of carbonyl (C=O) groups excluding carboxylic acids is 1. The molecule has 0 spiro atoms. The Morgan fingerprint density at radius 3 is 2.81 bits per heavy atom. The molecule has 4 nitrogen and oxygen atoms in total. The van der Waals surface area contributed by atoms with Gasteiger partial charge in [-0.25, -0.2) is 4.79 Å². The molecule has 0 saturated heterocycles. The van der Waals surface area contributed by atoms with Gasteiger partial charge < -0.3 is 15.7 Å². The lowest BCUT2D eigenvalue weighted by molar-refractivity contribution is 0.155. The van der Waals surface area contributed by atoms with Gasteiger partial charge in [0, 0.05) is 12.5 Å². The van der Waals surface area contributed by atoms with Crippen LogP contribution >= 0.6 is 0 Å². The van der Waals surface area contributed by atoms with Crippen molar-refractivity contribution in [2.24, 2.45) is 5.92 Å². The average Bonchev–Trinajstić information content (AvgIpc) is 3.27. The largest absolute Gasteiger partial charge is 0.394 e. The van der Waals surface area contributed by atoms with E-state index in [0.717, 1.165) is 25.7 Å². The second-order valence-corrected chi connectivity index (χ2v) is 6.62. The number of nitrogens with one attached hydrogen (secondary N) is 2. The van der Waals surface area contributed by atoms with Crippen molar-refractivity contribution in [2.75, 3.05) is 13.2 Å². The molecule has 2 atom stereocenters. The van der Waals surface area contributed by atoms with Crippen LogP contribution in [-0.4, -0.2) is 29.8 Å². The number of rotatable bonds is 5. The second-order valence-electron chi connectivity index (χ2n) is 6.62. The standard InChI is InChI=1S/C17H24N2O2/c1-17(11-20,14-8-9-14)19-16(21)18-10-13-7-6-12-4-2-3-5-15(12)13/h2-5,13-14,20H,6-11H2,1H3,(H2,18,19,21). The minimum absolute atomic E-state index is 0.00263. The number of aliphatic hydroxyl groups is 1. The van der Waals surface area contributed by atoms with Gasteiger partial charge >= 0.3 is 6.03 Å². The highest BCUT2D eigenvalue weighted by Gasteiger charge is 2.42. The van der Waals surface area contributed by atoms with Crippen molar-refractivity contribution in [3.63, 3.8) is 0 Å². The average molecular weight is 288 g/mol. The van der Waals surface area contributed by atoms with Gasteiger partial charge in [0.05, 0.1) is 12.1 Å². The van der Waals surface area contributed by atoms with Crippen molar-refractivity contribution >= 4 is 6.03 Å². The van der Waals surface area contributed by atoms with Crippen LogP contribution in [0, 0.1) is 5.92 Å². The summed E-state index contributed by atoms with van der Waals surface area (Å²) in [6.45, 7) is 2.58. The topological polar surface area (TPSA) is 61.4 Å². The van der Waals surface area contributed by atoms with E-state index in [-0.39, 0.29) is 12.6 Å². The molecule has 0 aromatic heterocycles. The normalized spacial score (nSPS) is 23.2. The Balaban J connectivity index is 1.53. The van der Waals surface area contributed by atoms with E-state index in [0.29, 0.717) is 18.4 Å². The van der Waals surface area contributed by atoms with Crippen molar-refractivity contribution < 1.29 is 9.90 Å². The SMILES string of the molecule is CC(CO)(NC(=O)NCC1CCc2ccccc21)C1CC1. The fourth-order valence-electron chi connectivity index (χ4n) is 3.37. The molecule has 2 unspecified atom stereocenters. The molecule has 1 fully saturated rings. The lowest BCUT2D eigenvalue weighted by Gasteiger charge is -2.29. The zero-order valence-corrected chi connectivity index (χ0v) is 12.6. The number of hydrogen-bond acceptors (Lipinski definition) is 2. The molecule has 1 saturated carbocycles. The molecule has 1 aromatic rings. The lowest BCUT2D eigenvalue weighted by Crippen LogP contribution is -2.54. The molecule has 0 radical (unpaired) electrons. The molecule has 21 heavy (non-hydrogen) atoms. The first kappa shape index (κ1) is 14.4. The van der Waals surface area contributed by atoms with Crippen molar-refractivity contribution in [3.05, 3.63) is 35.4 Å². The van der Waals surface area contributed by atoms with Crippen LogP contribution in [-0.2, 0) is 6.42 Å². The quantitative estimate of drug-likeness (QED) is 0.777. The van der Waals surface area contributed by atoms with Gasteiger partial charge in [0.25, 0.3) is 0 Å². The van der Waals surface area contributed by atoms with Gasteiger partial charge in [-0.2, -0.15) is 0 Å². The number of carbonyl (C=O) groups is 1. The maximum absolute atomic E-state index is 12.1.